The Morgan fingerprint density at radius 1 is 0.846 bits per heavy atom. The van der Waals surface area contributed by atoms with E-state index in [0.29, 0.717) is 25.2 Å². The second-order valence-corrected chi connectivity index (χ2v) is 8.26. The second-order valence-electron chi connectivity index (χ2n) is 8.26. The van der Waals surface area contributed by atoms with E-state index in [0.717, 1.165) is 39.1 Å². The minimum atomic E-state index is -2.23. The maximum absolute atomic E-state index is 12.6. The molecule has 7 heteroatoms. The summed E-state index contributed by atoms with van der Waals surface area (Å²) in [6.07, 6.45) is -1.33. The monoisotopic (exact) mass is 378 g/mol. The van der Waals surface area contributed by atoms with Gasteiger partial charge < -0.3 is 14.9 Å². The van der Waals surface area contributed by atoms with Crippen molar-refractivity contribution in [2.24, 2.45) is 0 Å². The van der Waals surface area contributed by atoms with Gasteiger partial charge in [0.1, 0.15) is 0 Å². The van der Waals surface area contributed by atoms with Gasteiger partial charge in [0.05, 0.1) is 6.04 Å². The highest BCUT2D eigenvalue weighted by Gasteiger charge is 2.33. The van der Waals surface area contributed by atoms with Crippen LogP contribution in [0.25, 0.3) is 0 Å². The molecule has 0 spiro atoms. The molecule has 0 aliphatic carbocycles. The first-order valence-electron chi connectivity index (χ1n) is 9.94. The van der Waals surface area contributed by atoms with E-state index in [1.807, 2.05) is 30.7 Å². The summed E-state index contributed by atoms with van der Waals surface area (Å²) >= 11 is 0. The molecule has 0 bridgehead atoms. The molecule has 2 unspecified atom stereocenters. The largest absolute Gasteiger partial charge is 0.396 e. The minimum Gasteiger partial charge on any atom is -0.396 e. The van der Waals surface area contributed by atoms with Crippen LogP contribution in [-0.4, -0.2) is 115 Å². The first-order valence-corrected chi connectivity index (χ1v) is 9.94. The predicted molar refractivity (Wildman–Crippen MR) is 104 cm³/mol. The fourth-order valence-corrected chi connectivity index (χ4v) is 3.94. The van der Waals surface area contributed by atoms with Crippen LogP contribution in [0.2, 0.25) is 0 Å². The number of nitrogens with zero attached hydrogens (tertiary/aromatic N) is 4. The first-order chi connectivity index (χ1) is 12.2. The average molecular weight is 379 g/mol. The van der Waals surface area contributed by atoms with Crippen LogP contribution in [0.15, 0.2) is 0 Å². The molecule has 0 aromatic rings. The molecular formula is C19H40F2N4O. The van der Waals surface area contributed by atoms with Gasteiger partial charge in [-0.2, -0.15) is 0 Å². The van der Waals surface area contributed by atoms with Crippen molar-refractivity contribution in [3.05, 3.63) is 0 Å². The molecule has 2 aliphatic rings. The number of halogens is 2. The topological polar surface area (TPSA) is 33.2 Å². The van der Waals surface area contributed by atoms with Crippen LogP contribution >= 0.6 is 0 Å². The highest BCUT2D eigenvalue weighted by molar-refractivity contribution is 4.84. The van der Waals surface area contributed by atoms with E-state index >= 15 is 0 Å². The van der Waals surface area contributed by atoms with Crippen LogP contribution in [0.5, 0.6) is 0 Å². The van der Waals surface area contributed by atoms with Crippen molar-refractivity contribution in [3.63, 3.8) is 0 Å². The van der Waals surface area contributed by atoms with Crippen molar-refractivity contribution in [3.8, 4) is 0 Å². The molecule has 2 fully saturated rings. The van der Waals surface area contributed by atoms with Gasteiger partial charge in [-0.15, -0.1) is 0 Å². The number of aliphatic hydroxyl groups is 1. The highest BCUT2D eigenvalue weighted by atomic mass is 19.3. The minimum absolute atomic E-state index is 0.215. The van der Waals surface area contributed by atoms with Gasteiger partial charge in [0.2, 0.25) is 0 Å². The molecule has 156 valence electrons. The third-order valence-electron chi connectivity index (χ3n) is 5.48. The Bertz CT molecular complexity index is 385. The summed E-state index contributed by atoms with van der Waals surface area (Å²) in [6, 6.07) is 0.778. The summed E-state index contributed by atoms with van der Waals surface area (Å²) in [6.45, 7) is 14.2. The van der Waals surface area contributed by atoms with Gasteiger partial charge in [-0.25, -0.2) is 8.78 Å². The van der Waals surface area contributed by atoms with Gasteiger partial charge in [0.15, 0.2) is 0 Å². The molecule has 0 amide bonds. The highest BCUT2D eigenvalue weighted by Crippen LogP contribution is 2.18. The van der Waals surface area contributed by atoms with Gasteiger partial charge in [-0.05, 0) is 48.2 Å². The fraction of sp³-hybridized carbons (Fsp3) is 1.00. The maximum atomic E-state index is 12.6. The van der Waals surface area contributed by atoms with Gasteiger partial charge in [-0.1, -0.05) is 0 Å². The molecule has 26 heavy (non-hydrogen) atoms. The Labute approximate surface area is 158 Å². The molecule has 0 aromatic heterocycles. The summed E-state index contributed by atoms with van der Waals surface area (Å²) in [5.41, 5.74) is 0. The van der Waals surface area contributed by atoms with Gasteiger partial charge >= 0.3 is 0 Å². The van der Waals surface area contributed by atoms with Crippen molar-refractivity contribution < 1.29 is 13.9 Å². The van der Waals surface area contributed by atoms with E-state index in [1.165, 1.54) is 0 Å². The average Bonchev–Trinajstić information content (AvgIpc) is 2.55. The smallest absolute Gasteiger partial charge is 0.255 e. The number of alkyl halides is 2. The fourth-order valence-electron chi connectivity index (χ4n) is 3.94. The van der Waals surface area contributed by atoms with Crippen LogP contribution in [-0.2, 0) is 0 Å². The van der Waals surface area contributed by atoms with Crippen LogP contribution in [0.1, 0.15) is 34.1 Å². The standard InChI is InChI=1S/C10H22N2O.C9H18F2N2/c1-9(2)12-6-5-11(3)8-10(12)4-7-13;1-7(2)13-5-4-12(3)6-8(13)9(10)11/h9-10,13H,4-8H2,1-3H3;7-9H,4-6H2,1-3H3. The molecule has 2 rings (SSSR count). The Kier molecular flexibility index (Phi) is 10.5. The van der Waals surface area contributed by atoms with Gasteiger partial charge in [-0.3, -0.25) is 9.80 Å². The summed E-state index contributed by atoms with van der Waals surface area (Å²) in [5.74, 6) is 0. The lowest BCUT2D eigenvalue weighted by molar-refractivity contribution is -0.0317. The normalized spacial score (nSPS) is 27.2. The molecule has 1 N–H and O–H groups in total. The Hall–Kier alpha value is -0.340. The van der Waals surface area contributed by atoms with Crippen LogP contribution < -0.4 is 0 Å². The third-order valence-corrected chi connectivity index (χ3v) is 5.48. The van der Waals surface area contributed by atoms with Crippen LogP contribution in [0, 0.1) is 0 Å². The predicted octanol–water partition coefficient (Wildman–Crippen LogP) is 1.67. The molecule has 0 radical (unpaired) electrons. The van der Waals surface area contributed by atoms with Crippen molar-refractivity contribution >= 4 is 0 Å². The lowest BCUT2D eigenvalue weighted by Gasteiger charge is -2.42. The molecule has 0 saturated carbocycles. The Morgan fingerprint density at radius 3 is 1.81 bits per heavy atom. The lowest BCUT2D eigenvalue weighted by Crippen LogP contribution is -2.57. The zero-order valence-electron chi connectivity index (χ0n) is 17.5. The van der Waals surface area contributed by atoms with Crippen LogP contribution in [0.3, 0.4) is 0 Å². The zero-order chi connectivity index (χ0) is 19.9. The summed E-state index contributed by atoms with van der Waals surface area (Å²) in [7, 11) is 4.05. The molecule has 5 nitrogen and oxygen atoms in total. The molecule has 2 aliphatic heterocycles. The summed E-state index contributed by atoms with van der Waals surface area (Å²) < 4.78 is 25.3. The number of piperazine rings is 2. The van der Waals surface area contributed by atoms with E-state index in [-0.39, 0.29) is 6.04 Å². The SMILES string of the molecule is CC(C)N1CCN(C)CC1C(F)F.CC(C)N1CCN(C)CC1CCO. The molecule has 2 saturated heterocycles. The van der Waals surface area contributed by atoms with E-state index in [9.17, 15) is 8.78 Å². The Morgan fingerprint density at radius 2 is 1.35 bits per heavy atom. The van der Waals surface area contributed by atoms with Gasteiger partial charge in [0, 0.05) is 64.0 Å². The summed E-state index contributed by atoms with van der Waals surface area (Å²) in [5, 5.41) is 8.96. The van der Waals surface area contributed by atoms with Crippen molar-refractivity contribution in [1.82, 2.24) is 19.6 Å². The number of hydrogen-bond donors (Lipinski definition) is 1. The van der Waals surface area contributed by atoms with E-state index in [2.05, 4.69) is 30.7 Å². The number of aliphatic hydroxyl groups excluding tert-OH is 1. The Balaban J connectivity index is 0.000000260. The molecule has 2 heterocycles. The number of rotatable bonds is 5. The summed E-state index contributed by atoms with van der Waals surface area (Å²) in [4.78, 5) is 8.70. The first kappa shape index (κ1) is 23.7. The van der Waals surface area contributed by atoms with E-state index < -0.39 is 12.5 Å². The third kappa shape index (κ3) is 7.35. The van der Waals surface area contributed by atoms with Crippen LogP contribution in [0.4, 0.5) is 8.78 Å². The maximum Gasteiger partial charge on any atom is 0.255 e. The van der Waals surface area contributed by atoms with Crippen molar-refractivity contribution in [2.75, 3.05) is 60.0 Å². The second kappa shape index (κ2) is 11.5. The number of hydrogen-bond acceptors (Lipinski definition) is 5. The lowest BCUT2D eigenvalue weighted by atomic mass is 10.1. The quantitative estimate of drug-likeness (QED) is 0.787. The van der Waals surface area contributed by atoms with E-state index in [1.54, 1.807) is 0 Å². The van der Waals surface area contributed by atoms with E-state index in [4.69, 9.17) is 5.11 Å². The number of likely N-dealkylation sites (N-methyl/N-ethyl adjacent to an activating group) is 2. The van der Waals surface area contributed by atoms with Crippen molar-refractivity contribution in [1.29, 1.82) is 0 Å². The van der Waals surface area contributed by atoms with Gasteiger partial charge in [0.25, 0.3) is 6.43 Å². The zero-order valence-corrected chi connectivity index (χ0v) is 17.5. The molecule has 0 aromatic carbocycles. The molecular weight excluding hydrogens is 338 g/mol. The van der Waals surface area contributed by atoms with Crippen molar-refractivity contribution in [2.45, 2.75) is 64.7 Å². The molecule has 2 atom stereocenters.